The first kappa shape index (κ1) is 16.9. The van der Waals surface area contributed by atoms with Crippen LogP contribution in [0.15, 0.2) is 24.3 Å². The second-order valence-corrected chi connectivity index (χ2v) is 6.24. The highest BCUT2D eigenvalue weighted by Gasteiger charge is 2.24. The minimum atomic E-state index is -3.20. The zero-order valence-electron chi connectivity index (χ0n) is 12.1. The Hall–Kier alpha value is -1.16. The zero-order valence-corrected chi connectivity index (χ0v) is 13.0. The summed E-state index contributed by atoms with van der Waals surface area (Å²) in [5.74, 6) is 0.674. The van der Waals surface area contributed by atoms with Crippen LogP contribution in [-0.2, 0) is 24.8 Å². The summed E-state index contributed by atoms with van der Waals surface area (Å²) in [5, 5.41) is 0. The summed E-state index contributed by atoms with van der Waals surface area (Å²) in [7, 11) is -3.20. The predicted octanol–water partition coefficient (Wildman–Crippen LogP) is 3.42. The van der Waals surface area contributed by atoms with E-state index >= 15 is 0 Å². The average Bonchev–Trinajstić information content (AvgIpc) is 2.38. The number of hydrogen-bond donors (Lipinski definition) is 0. The molecular formula is C14H21O5P. The monoisotopic (exact) mass is 300 g/mol. The number of ketones is 1. The molecule has 0 saturated carbocycles. The van der Waals surface area contributed by atoms with Gasteiger partial charge in [-0.2, -0.15) is 0 Å². The molecule has 0 atom stereocenters. The molecule has 112 valence electrons. The molecule has 6 heteroatoms. The van der Waals surface area contributed by atoms with Crippen LogP contribution in [0.2, 0.25) is 0 Å². The van der Waals surface area contributed by atoms with E-state index in [9.17, 15) is 9.36 Å². The molecule has 5 nitrogen and oxygen atoms in total. The van der Waals surface area contributed by atoms with Crippen molar-refractivity contribution in [1.29, 1.82) is 0 Å². The topological polar surface area (TPSA) is 61.8 Å². The smallest absolute Gasteiger partial charge is 0.367 e. The lowest BCUT2D eigenvalue weighted by Crippen LogP contribution is -2.05. The lowest BCUT2D eigenvalue weighted by Gasteiger charge is -2.17. The fraction of sp³-hybridized carbons (Fsp3) is 0.500. The molecule has 0 aromatic heterocycles. The van der Waals surface area contributed by atoms with Crippen LogP contribution >= 0.6 is 7.60 Å². The van der Waals surface area contributed by atoms with E-state index in [2.05, 4.69) is 0 Å². The van der Waals surface area contributed by atoms with Gasteiger partial charge in [-0.05, 0) is 38.5 Å². The van der Waals surface area contributed by atoms with Crippen LogP contribution < -0.4 is 4.74 Å². The lowest BCUT2D eigenvalue weighted by molar-refractivity contribution is -0.116. The molecule has 0 radical (unpaired) electrons. The van der Waals surface area contributed by atoms with Crippen molar-refractivity contribution in [2.75, 3.05) is 19.6 Å². The molecule has 0 amide bonds. The molecule has 1 rings (SSSR count). The third-order valence-electron chi connectivity index (χ3n) is 2.42. The molecule has 0 fully saturated rings. The van der Waals surface area contributed by atoms with E-state index in [1.165, 1.54) is 0 Å². The van der Waals surface area contributed by atoms with Gasteiger partial charge in [0.25, 0.3) is 0 Å². The maximum Gasteiger partial charge on any atom is 0.367 e. The Labute approximate surface area is 119 Å². The molecule has 1 aromatic carbocycles. The Morgan fingerprint density at radius 3 is 2.10 bits per heavy atom. The second kappa shape index (κ2) is 8.20. The zero-order chi connectivity index (χ0) is 15.0. The van der Waals surface area contributed by atoms with Crippen molar-refractivity contribution in [2.45, 2.75) is 27.2 Å². The lowest BCUT2D eigenvalue weighted by atomic mass is 10.1. The van der Waals surface area contributed by atoms with Gasteiger partial charge >= 0.3 is 7.60 Å². The predicted molar refractivity (Wildman–Crippen MR) is 77.2 cm³/mol. The molecule has 0 bridgehead atoms. The van der Waals surface area contributed by atoms with Gasteiger partial charge in [0.2, 0.25) is 0 Å². The Kier molecular flexibility index (Phi) is 6.93. The van der Waals surface area contributed by atoms with E-state index in [1.54, 1.807) is 32.9 Å². The standard InChI is InChI=1S/C14H21O5P/c1-4-18-20(16,19-5-2)11-17-14-8-6-13(7-9-14)10-12(3)15/h6-9H,4-5,10-11H2,1-3H3. The first-order valence-electron chi connectivity index (χ1n) is 6.58. The van der Waals surface area contributed by atoms with Crippen molar-refractivity contribution in [2.24, 2.45) is 0 Å². The van der Waals surface area contributed by atoms with Crippen molar-refractivity contribution >= 4 is 13.4 Å². The SMILES string of the molecule is CCOP(=O)(COc1ccc(CC(C)=O)cc1)OCC. The maximum absolute atomic E-state index is 12.2. The average molecular weight is 300 g/mol. The summed E-state index contributed by atoms with van der Waals surface area (Å²) in [6, 6.07) is 7.09. The molecule has 0 heterocycles. The fourth-order valence-electron chi connectivity index (χ4n) is 1.65. The molecule has 0 aliphatic heterocycles. The van der Waals surface area contributed by atoms with Crippen molar-refractivity contribution in [3.8, 4) is 5.75 Å². The van der Waals surface area contributed by atoms with Crippen molar-refractivity contribution in [1.82, 2.24) is 0 Å². The Morgan fingerprint density at radius 2 is 1.65 bits per heavy atom. The minimum absolute atomic E-state index is 0.107. The largest absolute Gasteiger partial charge is 0.481 e. The first-order valence-corrected chi connectivity index (χ1v) is 8.31. The van der Waals surface area contributed by atoms with Gasteiger partial charge in [-0.3, -0.25) is 9.36 Å². The molecule has 20 heavy (non-hydrogen) atoms. The van der Waals surface area contributed by atoms with Crippen LogP contribution in [0.3, 0.4) is 0 Å². The number of benzene rings is 1. The van der Waals surface area contributed by atoms with E-state index in [0.29, 0.717) is 25.4 Å². The molecule has 0 unspecified atom stereocenters. The molecule has 0 aliphatic carbocycles. The van der Waals surface area contributed by atoms with Gasteiger partial charge in [-0.25, -0.2) is 0 Å². The van der Waals surface area contributed by atoms with E-state index < -0.39 is 7.60 Å². The van der Waals surface area contributed by atoms with Crippen LogP contribution in [-0.4, -0.2) is 25.3 Å². The quantitative estimate of drug-likeness (QED) is 0.654. The molecule has 0 spiro atoms. The highest BCUT2D eigenvalue weighted by atomic mass is 31.2. The van der Waals surface area contributed by atoms with Crippen molar-refractivity contribution in [3.63, 3.8) is 0 Å². The van der Waals surface area contributed by atoms with Gasteiger partial charge < -0.3 is 13.8 Å². The highest BCUT2D eigenvalue weighted by molar-refractivity contribution is 7.53. The third-order valence-corrected chi connectivity index (χ3v) is 4.17. The number of carbonyl (C=O) groups excluding carboxylic acids is 1. The summed E-state index contributed by atoms with van der Waals surface area (Å²) in [5.41, 5.74) is 0.919. The summed E-state index contributed by atoms with van der Waals surface area (Å²) >= 11 is 0. The molecule has 0 saturated heterocycles. The van der Waals surface area contributed by atoms with Gasteiger partial charge in [0.05, 0.1) is 13.2 Å². The number of rotatable bonds is 9. The van der Waals surface area contributed by atoms with E-state index in [1.807, 2.05) is 12.1 Å². The summed E-state index contributed by atoms with van der Waals surface area (Å²) in [4.78, 5) is 11.0. The van der Waals surface area contributed by atoms with Crippen LogP contribution in [0.25, 0.3) is 0 Å². The van der Waals surface area contributed by atoms with Gasteiger partial charge in [0.1, 0.15) is 11.5 Å². The van der Waals surface area contributed by atoms with Crippen molar-refractivity contribution in [3.05, 3.63) is 29.8 Å². The summed E-state index contributed by atoms with van der Waals surface area (Å²) in [6.45, 7) is 5.66. The molecule has 0 N–H and O–H groups in total. The van der Waals surface area contributed by atoms with Crippen LogP contribution in [0.4, 0.5) is 0 Å². The molecule has 0 aliphatic rings. The number of ether oxygens (including phenoxy) is 1. The summed E-state index contributed by atoms with van der Waals surface area (Å²) in [6.07, 6.45) is 0.275. The summed E-state index contributed by atoms with van der Waals surface area (Å²) < 4.78 is 27.9. The Morgan fingerprint density at radius 1 is 1.10 bits per heavy atom. The maximum atomic E-state index is 12.2. The number of Topliss-reactive ketones (excluding diaryl/α,β-unsaturated/α-hetero) is 1. The third kappa shape index (κ3) is 5.87. The van der Waals surface area contributed by atoms with Crippen LogP contribution in [0, 0.1) is 0 Å². The van der Waals surface area contributed by atoms with E-state index in [0.717, 1.165) is 5.56 Å². The Balaban J connectivity index is 2.59. The molecular weight excluding hydrogens is 279 g/mol. The normalized spacial score (nSPS) is 11.3. The fourth-order valence-corrected chi connectivity index (χ4v) is 2.97. The first-order chi connectivity index (χ1) is 9.49. The highest BCUT2D eigenvalue weighted by Crippen LogP contribution is 2.47. The number of carbonyl (C=O) groups is 1. The minimum Gasteiger partial charge on any atom is -0.481 e. The van der Waals surface area contributed by atoms with Crippen LogP contribution in [0.5, 0.6) is 5.75 Å². The second-order valence-electron chi connectivity index (χ2n) is 4.24. The number of hydrogen-bond acceptors (Lipinski definition) is 5. The van der Waals surface area contributed by atoms with Gasteiger partial charge in [0, 0.05) is 6.42 Å². The van der Waals surface area contributed by atoms with Gasteiger partial charge in [-0.15, -0.1) is 0 Å². The van der Waals surface area contributed by atoms with Gasteiger partial charge in [-0.1, -0.05) is 12.1 Å². The van der Waals surface area contributed by atoms with Crippen molar-refractivity contribution < 1.29 is 23.1 Å². The van der Waals surface area contributed by atoms with E-state index in [-0.39, 0.29) is 12.1 Å². The Bertz CT molecular complexity index is 459. The van der Waals surface area contributed by atoms with E-state index in [4.69, 9.17) is 13.8 Å². The van der Waals surface area contributed by atoms with Gasteiger partial charge in [0.15, 0.2) is 6.35 Å². The molecule has 1 aromatic rings. The van der Waals surface area contributed by atoms with Crippen LogP contribution in [0.1, 0.15) is 26.3 Å².